The average Bonchev–Trinajstić information content (AvgIpc) is 2.49. The van der Waals surface area contributed by atoms with Crippen molar-refractivity contribution in [3.63, 3.8) is 0 Å². The summed E-state index contributed by atoms with van der Waals surface area (Å²) >= 11 is 0. The van der Waals surface area contributed by atoms with Gasteiger partial charge in [-0.1, -0.05) is 32.0 Å². The van der Waals surface area contributed by atoms with E-state index in [0.29, 0.717) is 18.3 Å². The Kier molecular flexibility index (Phi) is 5.13. The van der Waals surface area contributed by atoms with Crippen LogP contribution in [0.1, 0.15) is 37.3 Å². The van der Waals surface area contributed by atoms with Gasteiger partial charge in [0.15, 0.2) is 0 Å². The number of hydrogen-bond acceptors (Lipinski definition) is 3. The maximum Gasteiger partial charge on any atom is 0.219 e. The van der Waals surface area contributed by atoms with Gasteiger partial charge in [0.2, 0.25) is 5.88 Å². The molecule has 106 valence electrons. The zero-order chi connectivity index (χ0) is 14.4. The van der Waals surface area contributed by atoms with Crippen molar-refractivity contribution in [3.8, 4) is 11.6 Å². The first-order chi connectivity index (χ1) is 9.72. The molecule has 0 saturated carbocycles. The molecule has 2 aromatic rings. The summed E-state index contributed by atoms with van der Waals surface area (Å²) in [6.07, 6.45) is 3.80. The lowest BCUT2D eigenvalue weighted by Gasteiger charge is -2.10. The lowest BCUT2D eigenvalue weighted by molar-refractivity contribution is 0.462. The highest BCUT2D eigenvalue weighted by Crippen LogP contribution is 2.24. The van der Waals surface area contributed by atoms with Crippen LogP contribution in [-0.2, 0) is 6.42 Å². The highest BCUT2D eigenvalue weighted by Gasteiger charge is 2.04. The van der Waals surface area contributed by atoms with Crippen molar-refractivity contribution in [2.24, 2.45) is 5.73 Å². The number of hydrogen-bond donors (Lipinski definition) is 1. The van der Waals surface area contributed by atoms with Crippen LogP contribution in [0.3, 0.4) is 0 Å². The summed E-state index contributed by atoms with van der Waals surface area (Å²) in [5.74, 6) is 2.01. The lowest BCUT2D eigenvalue weighted by Crippen LogP contribution is -2.02. The minimum atomic E-state index is 0.581. The van der Waals surface area contributed by atoms with Gasteiger partial charge in [-0.25, -0.2) is 4.98 Å². The second kappa shape index (κ2) is 7.06. The first-order valence-electron chi connectivity index (χ1n) is 7.15. The molecule has 2 N–H and O–H groups in total. The molecular weight excluding hydrogens is 248 g/mol. The van der Waals surface area contributed by atoms with Gasteiger partial charge >= 0.3 is 0 Å². The zero-order valence-corrected chi connectivity index (χ0v) is 12.2. The van der Waals surface area contributed by atoms with Gasteiger partial charge in [-0.15, -0.1) is 0 Å². The van der Waals surface area contributed by atoms with Gasteiger partial charge < -0.3 is 10.5 Å². The van der Waals surface area contributed by atoms with Crippen molar-refractivity contribution < 1.29 is 4.74 Å². The van der Waals surface area contributed by atoms with Crippen molar-refractivity contribution in [1.82, 2.24) is 4.98 Å². The summed E-state index contributed by atoms with van der Waals surface area (Å²) in [5.41, 5.74) is 7.98. The Morgan fingerprint density at radius 3 is 2.45 bits per heavy atom. The molecule has 1 aromatic carbocycles. The largest absolute Gasteiger partial charge is 0.439 e. The van der Waals surface area contributed by atoms with Gasteiger partial charge in [-0.3, -0.25) is 0 Å². The average molecular weight is 270 g/mol. The van der Waals surface area contributed by atoms with E-state index in [0.717, 1.165) is 24.2 Å². The SMILES string of the molecule is CCC(C)c1ccc(Oc2ccc(CCN)cn2)cc1. The first-order valence-corrected chi connectivity index (χ1v) is 7.15. The Morgan fingerprint density at radius 2 is 1.90 bits per heavy atom. The van der Waals surface area contributed by atoms with E-state index in [1.165, 1.54) is 5.56 Å². The van der Waals surface area contributed by atoms with Crippen LogP contribution in [0.5, 0.6) is 11.6 Å². The van der Waals surface area contributed by atoms with Crippen molar-refractivity contribution in [2.75, 3.05) is 6.54 Å². The van der Waals surface area contributed by atoms with E-state index in [9.17, 15) is 0 Å². The molecule has 20 heavy (non-hydrogen) atoms. The maximum atomic E-state index is 5.74. The fourth-order valence-electron chi connectivity index (χ4n) is 2.01. The van der Waals surface area contributed by atoms with Crippen molar-refractivity contribution in [1.29, 1.82) is 0 Å². The van der Waals surface area contributed by atoms with E-state index in [-0.39, 0.29) is 0 Å². The van der Waals surface area contributed by atoms with Crippen LogP contribution in [0.25, 0.3) is 0 Å². The van der Waals surface area contributed by atoms with Crippen LogP contribution < -0.4 is 10.5 Å². The third-order valence-electron chi connectivity index (χ3n) is 3.51. The summed E-state index contributed by atoms with van der Waals surface area (Å²) < 4.78 is 5.74. The van der Waals surface area contributed by atoms with Crippen LogP contribution in [0, 0.1) is 0 Å². The van der Waals surface area contributed by atoms with E-state index >= 15 is 0 Å². The molecule has 2 rings (SSSR count). The Morgan fingerprint density at radius 1 is 1.15 bits per heavy atom. The third kappa shape index (κ3) is 3.81. The highest BCUT2D eigenvalue weighted by atomic mass is 16.5. The number of aromatic nitrogens is 1. The Balaban J connectivity index is 2.02. The second-order valence-electron chi connectivity index (χ2n) is 5.02. The molecule has 1 unspecified atom stereocenters. The van der Waals surface area contributed by atoms with Crippen LogP contribution in [0.2, 0.25) is 0 Å². The molecule has 3 heteroatoms. The fourth-order valence-corrected chi connectivity index (χ4v) is 2.01. The lowest BCUT2D eigenvalue weighted by atomic mass is 9.99. The molecule has 0 amide bonds. The summed E-state index contributed by atoms with van der Waals surface area (Å²) in [5, 5.41) is 0. The molecule has 0 aliphatic carbocycles. The van der Waals surface area contributed by atoms with Crippen LogP contribution in [-0.4, -0.2) is 11.5 Å². The molecular formula is C17H22N2O. The van der Waals surface area contributed by atoms with E-state index in [2.05, 4.69) is 31.0 Å². The number of rotatable bonds is 6. The predicted octanol–water partition coefficient (Wildman–Crippen LogP) is 3.89. The number of benzene rings is 1. The summed E-state index contributed by atoms with van der Waals surface area (Å²) in [6, 6.07) is 12.1. The predicted molar refractivity (Wildman–Crippen MR) is 82.2 cm³/mol. The molecule has 0 bridgehead atoms. The van der Waals surface area contributed by atoms with Crippen molar-refractivity contribution in [2.45, 2.75) is 32.6 Å². The van der Waals surface area contributed by atoms with E-state index in [1.807, 2.05) is 30.5 Å². The highest BCUT2D eigenvalue weighted by molar-refractivity contribution is 5.32. The van der Waals surface area contributed by atoms with Gasteiger partial charge in [0, 0.05) is 12.3 Å². The van der Waals surface area contributed by atoms with Gasteiger partial charge in [-0.05, 0) is 48.6 Å². The maximum absolute atomic E-state index is 5.74. The molecule has 1 aromatic heterocycles. The quantitative estimate of drug-likeness (QED) is 0.866. The third-order valence-corrected chi connectivity index (χ3v) is 3.51. The topological polar surface area (TPSA) is 48.1 Å². The molecule has 0 saturated heterocycles. The minimum absolute atomic E-state index is 0.581. The van der Waals surface area contributed by atoms with E-state index in [1.54, 1.807) is 0 Å². The van der Waals surface area contributed by atoms with Crippen molar-refractivity contribution in [3.05, 3.63) is 53.7 Å². The number of nitrogens with two attached hydrogens (primary N) is 1. The number of nitrogens with zero attached hydrogens (tertiary/aromatic N) is 1. The van der Waals surface area contributed by atoms with Gasteiger partial charge in [0.05, 0.1) is 0 Å². The number of ether oxygens (including phenoxy) is 1. The second-order valence-corrected chi connectivity index (χ2v) is 5.02. The Labute approximate surface area is 120 Å². The minimum Gasteiger partial charge on any atom is -0.439 e. The Bertz CT molecular complexity index is 520. The fraction of sp³-hybridized carbons (Fsp3) is 0.353. The molecule has 0 aliphatic heterocycles. The molecule has 0 radical (unpaired) electrons. The van der Waals surface area contributed by atoms with E-state index < -0.39 is 0 Å². The molecule has 1 heterocycles. The van der Waals surface area contributed by atoms with Crippen LogP contribution in [0.15, 0.2) is 42.6 Å². The summed E-state index contributed by atoms with van der Waals surface area (Å²) in [7, 11) is 0. The normalized spacial score (nSPS) is 12.2. The zero-order valence-electron chi connectivity index (χ0n) is 12.2. The monoisotopic (exact) mass is 270 g/mol. The Hall–Kier alpha value is -1.87. The van der Waals surface area contributed by atoms with Gasteiger partial charge in [-0.2, -0.15) is 0 Å². The number of pyridine rings is 1. The molecule has 0 spiro atoms. The van der Waals surface area contributed by atoms with Crippen molar-refractivity contribution >= 4 is 0 Å². The molecule has 3 nitrogen and oxygen atoms in total. The standard InChI is InChI=1S/C17H22N2O/c1-3-13(2)15-5-7-16(8-6-15)20-17-9-4-14(10-11-18)12-19-17/h4-9,12-13H,3,10-11,18H2,1-2H3. The van der Waals surface area contributed by atoms with Gasteiger partial charge in [0.25, 0.3) is 0 Å². The van der Waals surface area contributed by atoms with Gasteiger partial charge in [0.1, 0.15) is 5.75 Å². The molecule has 0 aliphatic rings. The smallest absolute Gasteiger partial charge is 0.219 e. The summed E-state index contributed by atoms with van der Waals surface area (Å²) in [4.78, 5) is 4.29. The summed E-state index contributed by atoms with van der Waals surface area (Å²) in [6.45, 7) is 5.06. The first kappa shape index (κ1) is 14.5. The molecule has 1 atom stereocenters. The molecule has 0 fully saturated rings. The van der Waals surface area contributed by atoms with Crippen LogP contribution >= 0.6 is 0 Å². The van der Waals surface area contributed by atoms with E-state index in [4.69, 9.17) is 10.5 Å². The van der Waals surface area contributed by atoms with Crippen LogP contribution in [0.4, 0.5) is 0 Å².